The number of hydrogen-bond acceptors (Lipinski definition) is 4. The molecule has 0 bridgehead atoms. The Morgan fingerprint density at radius 1 is 1.33 bits per heavy atom. The van der Waals surface area contributed by atoms with Crippen molar-refractivity contribution in [3.05, 3.63) is 48.6 Å². The standard InChI is InChI=1S/C17H23N3O3S/c1-4-11-23-15-8-5-14(6-9-15)7-10-16(21)19-20-17(24)18-13(2)12-22-3/h4-10,13H,1,11-12H2,2-3H3,(H,19,21)(H2,18,20,24)/b10-7+/t13-/m0/s1. The highest BCUT2D eigenvalue weighted by atomic mass is 32.1. The Morgan fingerprint density at radius 2 is 2.04 bits per heavy atom. The molecule has 0 aliphatic carbocycles. The Hall–Kier alpha value is -2.38. The van der Waals surface area contributed by atoms with Crippen LogP contribution in [0.25, 0.3) is 6.08 Å². The van der Waals surface area contributed by atoms with Crippen LogP contribution >= 0.6 is 12.2 Å². The van der Waals surface area contributed by atoms with E-state index in [0.717, 1.165) is 11.3 Å². The fourth-order valence-corrected chi connectivity index (χ4v) is 1.97. The molecular weight excluding hydrogens is 326 g/mol. The Labute approximate surface area is 147 Å². The maximum absolute atomic E-state index is 11.7. The first-order valence-corrected chi connectivity index (χ1v) is 7.83. The number of hydrazine groups is 1. The molecule has 0 heterocycles. The minimum Gasteiger partial charge on any atom is -0.490 e. The zero-order chi connectivity index (χ0) is 17.8. The minimum atomic E-state index is -0.314. The third kappa shape index (κ3) is 8.30. The van der Waals surface area contributed by atoms with E-state index in [1.807, 2.05) is 31.2 Å². The van der Waals surface area contributed by atoms with Crippen molar-refractivity contribution in [1.82, 2.24) is 16.2 Å². The normalized spacial score (nSPS) is 11.6. The average molecular weight is 349 g/mol. The summed E-state index contributed by atoms with van der Waals surface area (Å²) in [7, 11) is 1.61. The largest absolute Gasteiger partial charge is 0.490 e. The number of ether oxygens (including phenoxy) is 2. The lowest BCUT2D eigenvalue weighted by atomic mass is 10.2. The average Bonchev–Trinajstić information content (AvgIpc) is 2.57. The molecule has 3 N–H and O–H groups in total. The summed E-state index contributed by atoms with van der Waals surface area (Å²) in [5, 5.41) is 3.29. The summed E-state index contributed by atoms with van der Waals surface area (Å²) in [6.07, 6.45) is 4.78. The van der Waals surface area contributed by atoms with E-state index in [2.05, 4.69) is 22.7 Å². The van der Waals surface area contributed by atoms with Crippen molar-refractivity contribution in [3.63, 3.8) is 0 Å². The second kappa shape index (κ2) is 11.2. The molecule has 1 rings (SSSR count). The summed E-state index contributed by atoms with van der Waals surface area (Å²) in [4.78, 5) is 11.7. The molecule has 0 radical (unpaired) electrons. The van der Waals surface area contributed by atoms with Crippen LogP contribution in [0.3, 0.4) is 0 Å². The Bertz CT molecular complexity index is 573. The monoisotopic (exact) mass is 349 g/mol. The SMILES string of the molecule is C=CCOc1ccc(/C=C/C(=O)NNC(=S)N[C@@H](C)COC)cc1. The molecule has 1 atom stereocenters. The maximum atomic E-state index is 11.7. The van der Waals surface area contributed by atoms with E-state index in [1.165, 1.54) is 6.08 Å². The van der Waals surface area contributed by atoms with Crippen LogP contribution in [0, 0.1) is 0 Å². The van der Waals surface area contributed by atoms with Crippen LogP contribution in [-0.4, -0.2) is 37.4 Å². The van der Waals surface area contributed by atoms with Gasteiger partial charge in [0.05, 0.1) is 6.61 Å². The van der Waals surface area contributed by atoms with E-state index < -0.39 is 0 Å². The molecule has 0 aliphatic rings. The molecule has 0 aromatic heterocycles. The number of carbonyl (C=O) groups excluding carboxylic acids is 1. The van der Waals surface area contributed by atoms with Crippen LogP contribution < -0.4 is 20.9 Å². The molecule has 6 nitrogen and oxygen atoms in total. The van der Waals surface area contributed by atoms with Crippen molar-refractivity contribution < 1.29 is 14.3 Å². The lowest BCUT2D eigenvalue weighted by Crippen LogP contribution is -2.49. The van der Waals surface area contributed by atoms with E-state index in [4.69, 9.17) is 21.7 Å². The van der Waals surface area contributed by atoms with Gasteiger partial charge in [0.25, 0.3) is 5.91 Å². The van der Waals surface area contributed by atoms with Gasteiger partial charge < -0.3 is 14.8 Å². The van der Waals surface area contributed by atoms with Gasteiger partial charge in [-0.05, 0) is 42.9 Å². The summed E-state index contributed by atoms with van der Waals surface area (Å²) in [5.74, 6) is 0.435. The van der Waals surface area contributed by atoms with Crippen molar-refractivity contribution in [3.8, 4) is 5.75 Å². The van der Waals surface area contributed by atoms with Gasteiger partial charge in [-0.15, -0.1) is 0 Å². The molecule has 0 fully saturated rings. The summed E-state index contributed by atoms with van der Waals surface area (Å²) < 4.78 is 10.4. The number of rotatable bonds is 8. The topological polar surface area (TPSA) is 71.6 Å². The van der Waals surface area contributed by atoms with Crippen molar-refractivity contribution >= 4 is 29.3 Å². The molecule has 24 heavy (non-hydrogen) atoms. The molecule has 0 saturated carbocycles. The van der Waals surface area contributed by atoms with Crippen molar-refractivity contribution in [2.24, 2.45) is 0 Å². The van der Waals surface area contributed by atoms with Gasteiger partial charge in [0.1, 0.15) is 12.4 Å². The lowest BCUT2D eigenvalue weighted by Gasteiger charge is -2.15. The highest BCUT2D eigenvalue weighted by Crippen LogP contribution is 2.13. The number of amides is 1. The van der Waals surface area contributed by atoms with Gasteiger partial charge in [0.2, 0.25) is 0 Å². The van der Waals surface area contributed by atoms with Crippen LogP contribution in [0.15, 0.2) is 43.0 Å². The predicted octanol–water partition coefficient (Wildman–Crippen LogP) is 1.79. The van der Waals surface area contributed by atoms with Gasteiger partial charge in [0.15, 0.2) is 5.11 Å². The summed E-state index contributed by atoms with van der Waals surface area (Å²) >= 11 is 5.05. The first-order chi connectivity index (χ1) is 11.5. The number of benzene rings is 1. The summed E-state index contributed by atoms with van der Waals surface area (Å²) in [6.45, 7) is 6.48. The van der Waals surface area contributed by atoms with Crippen molar-refractivity contribution in [1.29, 1.82) is 0 Å². The first kappa shape index (κ1) is 19.7. The number of nitrogens with one attached hydrogen (secondary N) is 3. The summed E-state index contributed by atoms with van der Waals surface area (Å²) in [6, 6.07) is 7.41. The van der Waals surface area contributed by atoms with E-state index in [-0.39, 0.29) is 11.9 Å². The Kier molecular flexibility index (Phi) is 9.18. The second-order valence-electron chi connectivity index (χ2n) is 4.95. The Balaban J connectivity index is 2.37. The van der Waals surface area contributed by atoms with Gasteiger partial charge in [0, 0.05) is 19.2 Å². The number of carbonyl (C=O) groups is 1. The Morgan fingerprint density at radius 3 is 2.67 bits per heavy atom. The molecule has 0 saturated heterocycles. The van der Waals surface area contributed by atoms with Crippen LogP contribution in [-0.2, 0) is 9.53 Å². The first-order valence-electron chi connectivity index (χ1n) is 7.42. The third-order valence-corrected chi connectivity index (χ3v) is 2.99. The zero-order valence-corrected chi connectivity index (χ0v) is 14.7. The fourth-order valence-electron chi connectivity index (χ4n) is 1.71. The molecule has 0 unspecified atom stereocenters. The molecule has 0 spiro atoms. The number of methoxy groups -OCH3 is 1. The zero-order valence-electron chi connectivity index (χ0n) is 13.9. The molecule has 7 heteroatoms. The quantitative estimate of drug-likeness (QED) is 0.288. The van der Waals surface area contributed by atoms with Crippen LogP contribution in [0.2, 0.25) is 0 Å². The van der Waals surface area contributed by atoms with Gasteiger partial charge in [-0.1, -0.05) is 24.8 Å². The number of hydrogen-bond donors (Lipinski definition) is 3. The smallest absolute Gasteiger partial charge is 0.262 e. The maximum Gasteiger partial charge on any atom is 0.262 e. The van der Waals surface area contributed by atoms with Crippen molar-refractivity contribution in [2.75, 3.05) is 20.3 Å². The molecule has 1 aromatic rings. The molecule has 1 aromatic carbocycles. The fraction of sp³-hybridized carbons (Fsp3) is 0.294. The van der Waals surface area contributed by atoms with Gasteiger partial charge in [-0.3, -0.25) is 15.6 Å². The van der Waals surface area contributed by atoms with Crippen LogP contribution in [0.4, 0.5) is 0 Å². The highest BCUT2D eigenvalue weighted by Gasteiger charge is 2.03. The summed E-state index contributed by atoms with van der Waals surface area (Å²) in [5.41, 5.74) is 5.99. The molecular formula is C17H23N3O3S. The number of thiocarbonyl (C=S) groups is 1. The van der Waals surface area contributed by atoms with E-state index >= 15 is 0 Å². The van der Waals surface area contributed by atoms with Crippen molar-refractivity contribution in [2.45, 2.75) is 13.0 Å². The van der Waals surface area contributed by atoms with E-state index in [0.29, 0.717) is 18.3 Å². The van der Waals surface area contributed by atoms with Gasteiger partial charge in [-0.25, -0.2) is 0 Å². The predicted molar refractivity (Wildman–Crippen MR) is 99.5 cm³/mol. The van der Waals surface area contributed by atoms with Gasteiger partial charge >= 0.3 is 0 Å². The molecule has 130 valence electrons. The molecule has 1 amide bonds. The second-order valence-corrected chi connectivity index (χ2v) is 5.35. The van der Waals surface area contributed by atoms with E-state index in [9.17, 15) is 4.79 Å². The minimum absolute atomic E-state index is 0.0456. The van der Waals surface area contributed by atoms with Gasteiger partial charge in [-0.2, -0.15) is 0 Å². The highest BCUT2D eigenvalue weighted by molar-refractivity contribution is 7.80. The van der Waals surface area contributed by atoms with Crippen LogP contribution in [0.1, 0.15) is 12.5 Å². The molecule has 0 aliphatic heterocycles. The van der Waals surface area contributed by atoms with Crippen LogP contribution in [0.5, 0.6) is 5.75 Å². The van der Waals surface area contributed by atoms with E-state index in [1.54, 1.807) is 19.3 Å². The lowest BCUT2D eigenvalue weighted by molar-refractivity contribution is -0.116. The third-order valence-electron chi connectivity index (χ3n) is 2.77.